The Balaban J connectivity index is 1.33. The van der Waals surface area contributed by atoms with Crippen molar-refractivity contribution in [1.29, 1.82) is 0 Å². The molecule has 0 radical (unpaired) electrons. The Kier molecular flexibility index (Phi) is 5.68. The van der Waals surface area contributed by atoms with E-state index in [0.29, 0.717) is 12.2 Å². The van der Waals surface area contributed by atoms with E-state index in [0.717, 1.165) is 45.1 Å². The lowest BCUT2D eigenvalue weighted by Gasteiger charge is -2.34. The normalized spacial score (nSPS) is 15.2. The molecule has 3 rings (SSSR count). The summed E-state index contributed by atoms with van der Waals surface area (Å²) < 4.78 is 0. The number of hydrogen-bond acceptors (Lipinski definition) is 6. The summed E-state index contributed by atoms with van der Waals surface area (Å²) in [6, 6.07) is 7.17. The molecular weight excluding hydrogens is 304 g/mol. The lowest BCUT2D eigenvalue weighted by Crippen LogP contribution is -2.47. The molecule has 126 valence electrons. The first-order valence-corrected chi connectivity index (χ1v) is 8.26. The van der Waals surface area contributed by atoms with Crippen LogP contribution in [-0.2, 0) is 0 Å². The molecule has 0 aliphatic carbocycles. The van der Waals surface area contributed by atoms with E-state index in [9.17, 15) is 4.79 Å². The molecular formula is C17H22N6O. The zero-order valence-corrected chi connectivity index (χ0v) is 13.6. The number of rotatable bonds is 6. The number of aromatic nitrogens is 3. The topological polar surface area (TPSA) is 74.2 Å². The van der Waals surface area contributed by atoms with Gasteiger partial charge in [0.05, 0.1) is 0 Å². The third kappa shape index (κ3) is 4.48. The molecule has 1 aliphatic rings. The predicted octanol–water partition coefficient (Wildman–Crippen LogP) is 0.814. The van der Waals surface area contributed by atoms with Crippen LogP contribution in [0.1, 0.15) is 16.9 Å². The number of pyridine rings is 1. The Morgan fingerprint density at radius 1 is 1.00 bits per heavy atom. The molecule has 0 aromatic carbocycles. The third-order valence-corrected chi connectivity index (χ3v) is 4.04. The highest BCUT2D eigenvalue weighted by Gasteiger charge is 2.18. The lowest BCUT2D eigenvalue weighted by molar-refractivity contribution is 0.0946. The van der Waals surface area contributed by atoms with Crippen LogP contribution in [0.5, 0.6) is 0 Å². The Morgan fingerprint density at radius 2 is 1.75 bits per heavy atom. The number of piperazine rings is 1. The maximum absolute atomic E-state index is 11.9. The van der Waals surface area contributed by atoms with Crippen LogP contribution in [0.15, 0.2) is 42.9 Å². The highest BCUT2D eigenvalue weighted by atomic mass is 16.1. The van der Waals surface area contributed by atoms with Crippen molar-refractivity contribution in [3.63, 3.8) is 0 Å². The van der Waals surface area contributed by atoms with Gasteiger partial charge in [0, 0.05) is 51.3 Å². The molecule has 0 unspecified atom stereocenters. The van der Waals surface area contributed by atoms with Gasteiger partial charge < -0.3 is 10.2 Å². The molecule has 1 aliphatic heterocycles. The van der Waals surface area contributed by atoms with Crippen molar-refractivity contribution in [3.8, 4) is 0 Å². The van der Waals surface area contributed by atoms with Gasteiger partial charge in [-0.2, -0.15) is 0 Å². The maximum Gasteiger partial charge on any atom is 0.269 e. The molecule has 1 fully saturated rings. The van der Waals surface area contributed by atoms with Gasteiger partial charge in [0.2, 0.25) is 5.95 Å². The van der Waals surface area contributed by atoms with Gasteiger partial charge in [-0.1, -0.05) is 6.07 Å². The van der Waals surface area contributed by atoms with Gasteiger partial charge in [0.1, 0.15) is 5.69 Å². The van der Waals surface area contributed by atoms with Crippen LogP contribution in [0, 0.1) is 0 Å². The molecule has 3 heterocycles. The van der Waals surface area contributed by atoms with Gasteiger partial charge in [-0.3, -0.25) is 14.7 Å². The largest absolute Gasteiger partial charge is 0.351 e. The monoisotopic (exact) mass is 326 g/mol. The Labute approximate surface area is 141 Å². The first-order valence-electron chi connectivity index (χ1n) is 8.26. The van der Waals surface area contributed by atoms with Crippen molar-refractivity contribution in [3.05, 3.63) is 48.5 Å². The molecule has 1 N–H and O–H groups in total. The summed E-state index contributed by atoms with van der Waals surface area (Å²) in [5.74, 6) is 0.696. The number of carbonyl (C=O) groups is 1. The number of nitrogens with zero attached hydrogens (tertiary/aromatic N) is 5. The molecule has 7 nitrogen and oxygen atoms in total. The number of anilines is 1. The van der Waals surface area contributed by atoms with Crippen LogP contribution in [0.4, 0.5) is 5.95 Å². The van der Waals surface area contributed by atoms with E-state index in [2.05, 4.69) is 30.1 Å². The zero-order chi connectivity index (χ0) is 16.6. The van der Waals surface area contributed by atoms with Crippen LogP contribution in [0.2, 0.25) is 0 Å². The molecule has 24 heavy (non-hydrogen) atoms. The Bertz CT molecular complexity index is 628. The van der Waals surface area contributed by atoms with E-state index < -0.39 is 0 Å². The molecule has 0 atom stereocenters. The fraction of sp³-hybridized carbons (Fsp3) is 0.412. The van der Waals surface area contributed by atoms with Gasteiger partial charge in [-0.15, -0.1) is 0 Å². The third-order valence-electron chi connectivity index (χ3n) is 4.04. The second kappa shape index (κ2) is 8.35. The highest BCUT2D eigenvalue weighted by Crippen LogP contribution is 2.09. The first-order chi connectivity index (χ1) is 11.8. The molecule has 2 aromatic heterocycles. The standard InChI is InChI=1S/C17H22N6O/c24-16(15-5-1-2-6-18-15)19-9-4-10-22-11-13-23(14-12-22)17-20-7-3-8-21-17/h1-3,5-8H,4,9-14H2,(H,19,24). The first kappa shape index (κ1) is 16.3. The average molecular weight is 326 g/mol. The fourth-order valence-corrected chi connectivity index (χ4v) is 2.72. The van der Waals surface area contributed by atoms with Crippen molar-refractivity contribution in [2.24, 2.45) is 0 Å². The minimum absolute atomic E-state index is 0.110. The van der Waals surface area contributed by atoms with E-state index in [4.69, 9.17) is 0 Å². The fourth-order valence-electron chi connectivity index (χ4n) is 2.72. The van der Waals surface area contributed by atoms with Crippen LogP contribution >= 0.6 is 0 Å². The molecule has 1 amide bonds. The zero-order valence-electron chi connectivity index (χ0n) is 13.6. The summed E-state index contributed by atoms with van der Waals surface area (Å²) in [5, 5.41) is 2.91. The summed E-state index contributed by atoms with van der Waals surface area (Å²) in [4.78, 5) is 29.1. The molecule has 0 spiro atoms. The quantitative estimate of drug-likeness (QED) is 0.792. The summed E-state index contributed by atoms with van der Waals surface area (Å²) in [7, 11) is 0. The smallest absolute Gasteiger partial charge is 0.269 e. The molecule has 7 heteroatoms. The van der Waals surface area contributed by atoms with Crippen LogP contribution in [-0.4, -0.2) is 65.0 Å². The molecule has 0 saturated carbocycles. The number of hydrogen-bond donors (Lipinski definition) is 1. The van der Waals surface area contributed by atoms with Crippen LogP contribution in [0.25, 0.3) is 0 Å². The van der Waals surface area contributed by atoms with Gasteiger partial charge in [0.25, 0.3) is 5.91 Å². The van der Waals surface area contributed by atoms with Gasteiger partial charge in [-0.25, -0.2) is 9.97 Å². The second-order valence-corrected chi connectivity index (χ2v) is 5.70. The van der Waals surface area contributed by atoms with Crippen LogP contribution < -0.4 is 10.2 Å². The lowest BCUT2D eigenvalue weighted by atomic mass is 10.3. The van der Waals surface area contributed by atoms with Crippen molar-refractivity contribution in [2.45, 2.75) is 6.42 Å². The van der Waals surface area contributed by atoms with E-state index in [-0.39, 0.29) is 5.91 Å². The predicted molar refractivity (Wildman–Crippen MR) is 91.9 cm³/mol. The van der Waals surface area contributed by atoms with Crippen molar-refractivity contribution >= 4 is 11.9 Å². The van der Waals surface area contributed by atoms with Gasteiger partial charge in [-0.05, 0) is 31.2 Å². The van der Waals surface area contributed by atoms with E-state index in [1.807, 2.05) is 12.1 Å². The van der Waals surface area contributed by atoms with E-state index in [1.54, 1.807) is 30.7 Å². The molecule has 1 saturated heterocycles. The summed E-state index contributed by atoms with van der Waals surface area (Å²) in [6.07, 6.45) is 6.11. The Hall–Kier alpha value is -2.54. The molecule has 2 aromatic rings. The number of carbonyl (C=O) groups excluding carboxylic acids is 1. The van der Waals surface area contributed by atoms with Gasteiger partial charge >= 0.3 is 0 Å². The minimum atomic E-state index is -0.110. The highest BCUT2D eigenvalue weighted by molar-refractivity contribution is 5.92. The van der Waals surface area contributed by atoms with E-state index >= 15 is 0 Å². The van der Waals surface area contributed by atoms with Crippen molar-refractivity contribution < 1.29 is 4.79 Å². The van der Waals surface area contributed by atoms with Crippen molar-refractivity contribution in [2.75, 3.05) is 44.2 Å². The number of amides is 1. The SMILES string of the molecule is O=C(NCCCN1CCN(c2ncccn2)CC1)c1ccccn1. The second-order valence-electron chi connectivity index (χ2n) is 5.70. The minimum Gasteiger partial charge on any atom is -0.351 e. The van der Waals surface area contributed by atoms with Crippen molar-refractivity contribution in [1.82, 2.24) is 25.2 Å². The summed E-state index contributed by atoms with van der Waals surface area (Å²) in [6.45, 7) is 5.50. The summed E-state index contributed by atoms with van der Waals surface area (Å²) >= 11 is 0. The summed E-state index contributed by atoms with van der Waals surface area (Å²) in [5.41, 5.74) is 0.467. The van der Waals surface area contributed by atoms with Gasteiger partial charge in [0.15, 0.2) is 0 Å². The number of nitrogens with one attached hydrogen (secondary N) is 1. The van der Waals surface area contributed by atoms with E-state index in [1.165, 1.54) is 0 Å². The van der Waals surface area contributed by atoms with Crippen LogP contribution in [0.3, 0.4) is 0 Å². The Morgan fingerprint density at radius 3 is 2.46 bits per heavy atom. The average Bonchev–Trinajstić information content (AvgIpc) is 2.67. The maximum atomic E-state index is 11.9. The molecule has 0 bridgehead atoms.